The van der Waals surface area contributed by atoms with Crippen molar-refractivity contribution in [3.63, 3.8) is 0 Å². The second-order valence-electron chi connectivity index (χ2n) is 6.21. The molecule has 0 bridgehead atoms. The number of benzene rings is 2. The van der Waals surface area contributed by atoms with Gasteiger partial charge in [0.25, 0.3) is 5.91 Å². The van der Waals surface area contributed by atoms with Crippen molar-refractivity contribution in [2.75, 3.05) is 31.3 Å². The zero-order valence-corrected chi connectivity index (χ0v) is 15.1. The first-order valence-corrected chi connectivity index (χ1v) is 8.11. The molecule has 2 aromatic carbocycles. The van der Waals surface area contributed by atoms with Gasteiger partial charge >= 0.3 is 6.18 Å². The van der Waals surface area contributed by atoms with Crippen molar-refractivity contribution in [1.82, 2.24) is 4.90 Å². The van der Waals surface area contributed by atoms with Gasteiger partial charge in [0.05, 0.1) is 12.1 Å². The zero-order chi connectivity index (χ0) is 20.2. The fourth-order valence-electron chi connectivity index (χ4n) is 2.41. The van der Waals surface area contributed by atoms with Crippen LogP contribution >= 0.6 is 0 Å². The normalized spacial score (nSPS) is 11.0. The summed E-state index contributed by atoms with van der Waals surface area (Å²) >= 11 is 0. The van der Waals surface area contributed by atoms with E-state index in [2.05, 4.69) is 10.6 Å². The summed E-state index contributed by atoms with van der Waals surface area (Å²) in [6.07, 6.45) is -4.45. The molecule has 0 radical (unpaired) electrons. The topological polar surface area (TPSA) is 61.4 Å². The smallest absolute Gasteiger partial charge is 0.376 e. The number of nitrogens with zero attached hydrogens (tertiary/aromatic N) is 1. The molecule has 0 atom stereocenters. The number of aryl methyl sites for hydroxylation is 1. The highest BCUT2D eigenvalue weighted by atomic mass is 19.4. The number of amides is 2. The van der Waals surface area contributed by atoms with E-state index >= 15 is 0 Å². The van der Waals surface area contributed by atoms with Gasteiger partial charge in [-0.3, -0.25) is 9.59 Å². The Kier molecular flexibility index (Phi) is 6.09. The Hall–Kier alpha value is -3.03. The van der Waals surface area contributed by atoms with Crippen LogP contribution in [0.5, 0.6) is 0 Å². The van der Waals surface area contributed by atoms with E-state index in [1.807, 2.05) is 0 Å². The van der Waals surface area contributed by atoms with E-state index in [0.29, 0.717) is 11.3 Å². The van der Waals surface area contributed by atoms with Crippen LogP contribution in [0.2, 0.25) is 0 Å². The predicted octanol–water partition coefficient (Wildman–Crippen LogP) is 3.77. The van der Waals surface area contributed by atoms with E-state index in [1.165, 1.54) is 30.0 Å². The molecule has 0 aliphatic rings. The van der Waals surface area contributed by atoms with Gasteiger partial charge in [0, 0.05) is 31.0 Å². The average molecular weight is 379 g/mol. The van der Waals surface area contributed by atoms with E-state index < -0.39 is 17.6 Å². The number of hydrogen-bond donors (Lipinski definition) is 2. The Morgan fingerprint density at radius 1 is 1.04 bits per heavy atom. The lowest BCUT2D eigenvalue weighted by Gasteiger charge is -2.14. The summed E-state index contributed by atoms with van der Waals surface area (Å²) < 4.78 is 38.8. The molecule has 2 aromatic rings. The van der Waals surface area contributed by atoms with Crippen molar-refractivity contribution >= 4 is 23.2 Å². The molecule has 0 heterocycles. The van der Waals surface area contributed by atoms with Gasteiger partial charge in [-0.15, -0.1) is 0 Å². The molecule has 0 aliphatic heterocycles. The lowest BCUT2D eigenvalue weighted by atomic mass is 10.1. The van der Waals surface area contributed by atoms with E-state index in [9.17, 15) is 22.8 Å². The molecule has 0 aliphatic carbocycles. The number of halogens is 3. The molecule has 0 spiro atoms. The van der Waals surface area contributed by atoms with Gasteiger partial charge in [-0.2, -0.15) is 13.2 Å². The van der Waals surface area contributed by atoms with Gasteiger partial charge < -0.3 is 15.5 Å². The van der Waals surface area contributed by atoms with E-state index in [0.717, 1.165) is 6.07 Å². The van der Waals surface area contributed by atoms with Gasteiger partial charge in [-0.05, 0) is 42.8 Å². The molecule has 0 saturated heterocycles. The molecule has 2 N–H and O–H groups in total. The molecule has 0 fully saturated rings. The Morgan fingerprint density at radius 2 is 1.74 bits per heavy atom. The van der Waals surface area contributed by atoms with Crippen LogP contribution in [0, 0.1) is 6.92 Å². The number of rotatable bonds is 5. The number of alkyl halides is 3. The van der Waals surface area contributed by atoms with Crippen LogP contribution in [0.1, 0.15) is 21.5 Å². The Balaban J connectivity index is 2.01. The van der Waals surface area contributed by atoms with Gasteiger partial charge in [0.1, 0.15) is 0 Å². The number of hydrogen-bond acceptors (Lipinski definition) is 3. The van der Waals surface area contributed by atoms with E-state index in [-0.39, 0.29) is 23.7 Å². The standard InChI is InChI=1S/C19H20F3N3O2/c1-12-7-8-14(10-16(12)19(20,21)22)23-11-17(26)24-15-6-4-5-13(9-15)18(27)25(2)3/h4-10,23H,11H2,1-3H3,(H,24,26). The SMILES string of the molecule is Cc1ccc(NCC(=O)Nc2cccc(C(=O)N(C)C)c2)cc1C(F)(F)F. The molecule has 5 nitrogen and oxygen atoms in total. The summed E-state index contributed by atoms with van der Waals surface area (Å²) in [4.78, 5) is 25.4. The zero-order valence-electron chi connectivity index (χ0n) is 15.1. The highest BCUT2D eigenvalue weighted by Crippen LogP contribution is 2.33. The third-order valence-electron chi connectivity index (χ3n) is 3.80. The highest BCUT2D eigenvalue weighted by molar-refractivity contribution is 5.97. The fraction of sp³-hybridized carbons (Fsp3) is 0.263. The molecular weight excluding hydrogens is 359 g/mol. The minimum absolute atomic E-state index is 0.111. The van der Waals surface area contributed by atoms with Crippen molar-refractivity contribution in [1.29, 1.82) is 0 Å². The van der Waals surface area contributed by atoms with Crippen LogP contribution in [0.25, 0.3) is 0 Å². The minimum atomic E-state index is -4.45. The molecule has 2 rings (SSSR count). The molecule has 0 aromatic heterocycles. The molecule has 0 unspecified atom stereocenters. The van der Waals surface area contributed by atoms with E-state index in [4.69, 9.17) is 0 Å². The van der Waals surface area contributed by atoms with Crippen molar-refractivity contribution in [3.8, 4) is 0 Å². The summed E-state index contributed by atoms with van der Waals surface area (Å²) in [5.41, 5.74) is 0.399. The largest absolute Gasteiger partial charge is 0.416 e. The second kappa shape index (κ2) is 8.11. The number of carbonyl (C=O) groups is 2. The number of anilines is 2. The summed E-state index contributed by atoms with van der Waals surface area (Å²) in [6, 6.07) is 10.2. The lowest BCUT2D eigenvalue weighted by Crippen LogP contribution is -2.23. The molecule has 2 amide bonds. The lowest BCUT2D eigenvalue weighted by molar-refractivity contribution is -0.138. The van der Waals surface area contributed by atoms with E-state index in [1.54, 1.807) is 32.3 Å². The minimum Gasteiger partial charge on any atom is -0.376 e. The van der Waals surface area contributed by atoms with Crippen LogP contribution in [-0.4, -0.2) is 37.4 Å². The Morgan fingerprint density at radius 3 is 2.37 bits per heavy atom. The second-order valence-corrected chi connectivity index (χ2v) is 6.21. The number of nitrogens with one attached hydrogen (secondary N) is 2. The monoisotopic (exact) mass is 379 g/mol. The first-order chi connectivity index (χ1) is 12.6. The molecule has 144 valence electrons. The number of carbonyl (C=O) groups excluding carboxylic acids is 2. The van der Waals surface area contributed by atoms with Crippen LogP contribution in [-0.2, 0) is 11.0 Å². The summed E-state index contributed by atoms with van der Waals surface area (Å²) in [5, 5.41) is 5.28. The quantitative estimate of drug-likeness (QED) is 0.832. The Labute approximate surface area is 155 Å². The molecule has 8 heteroatoms. The summed E-state index contributed by atoms with van der Waals surface area (Å²) in [6.45, 7) is 1.16. The van der Waals surface area contributed by atoms with Gasteiger partial charge in [0.15, 0.2) is 0 Å². The maximum absolute atomic E-state index is 12.9. The maximum atomic E-state index is 12.9. The maximum Gasteiger partial charge on any atom is 0.416 e. The van der Waals surface area contributed by atoms with Crippen LogP contribution in [0.4, 0.5) is 24.5 Å². The van der Waals surface area contributed by atoms with Crippen LogP contribution in [0.3, 0.4) is 0 Å². The van der Waals surface area contributed by atoms with Crippen molar-refractivity contribution in [2.45, 2.75) is 13.1 Å². The predicted molar refractivity (Wildman–Crippen MR) is 97.8 cm³/mol. The average Bonchev–Trinajstić information content (AvgIpc) is 2.59. The Bertz CT molecular complexity index is 848. The third kappa shape index (κ3) is 5.47. The first-order valence-electron chi connectivity index (χ1n) is 8.11. The van der Waals surface area contributed by atoms with Crippen molar-refractivity contribution < 1.29 is 22.8 Å². The van der Waals surface area contributed by atoms with Crippen LogP contribution < -0.4 is 10.6 Å². The summed E-state index contributed by atoms with van der Waals surface area (Å²) in [5.74, 6) is -0.651. The van der Waals surface area contributed by atoms with Gasteiger partial charge in [-0.1, -0.05) is 12.1 Å². The first kappa shape index (κ1) is 20.3. The fourth-order valence-corrected chi connectivity index (χ4v) is 2.41. The van der Waals surface area contributed by atoms with Crippen molar-refractivity contribution in [2.24, 2.45) is 0 Å². The molecule has 27 heavy (non-hydrogen) atoms. The summed E-state index contributed by atoms with van der Waals surface area (Å²) in [7, 11) is 3.24. The van der Waals surface area contributed by atoms with Gasteiger partial charge in [0.2, 0.25) is 5.91 Å². The van der Waals surface area contributed by atoms with Crippen LogP contribution in [0.15, 0.2) is 42.5 Å². The highest BCUT2D eigenvalue weighted by Gasteiger charge is 2.32. The molecule has 0 saturated carbocycles. The van der Waals surface area contributed by atoms with Crippen molar-refractivity contribution in [3.05, 3.63) is 59.2 Å². The van der Waals surface area contributed by atoms with Gasteiger partial charge in [-0.25, -0.2) is 0 Å². The third-order valence-corrected chi connectivity index (χ3v) is 3.80. The molecular formula is C19H20F3N3O2.